The van der Waals surface area contributed by atoms with Crippen LogP contribution < -0.4 is 10.6 Å². The van der Waals surface area contributed by atoms with E-state index in [4.69, 9.17) is 4.74 Å². The number of aromatic nitrogens is 2. The fourth-order valence-corrected chi connectivity index (χ4v) is 4.77. The van der Waals surface area contributed by atoms with E-state index in [1.165, 1.54) is 10.4 Å². The average molecular weight is 440 g/mol. The van der Waals surface area contributed by atoms with E-state index in [1.807, 2.05) is 31.2 Å². The first-order valence-electron chi connectivity index (χ1n) is 10.7. The number of ether oxygens (including phenoxy) is 1. The van der Waals surface area contributed by atoms with Crippen LogP contribution in [0.15, 0.2) is 24.3 Å². The average Bonchev–Trinajstić information content (AvgIpc) is 3.06. The van der Waals surface area contributed by atoms with Gasteiger partial charge in [-0.2, -0.15) is 0 Å². The summed E-state index contributed by atoms with van der Waals surface area (Å²) in [7, 11) is 0. The highest BCUT2D eigenvalue weighted by molar-refractivity contribution is 7.18. The molecule has 164 valence electrons. The van der Waals surface area contributed by atoms with Gasteiger partial charge in [0.1, 0.15) is 16.5 Å². The van der Waals surface area contributed by atoms with Crippen molar-refractivity contribution in [2.45, 2.75) is 27.3 Å². The van der Waals surface area contributed by atoms with Crippen LogP contribution in [0.3, 0.4) is 0 Å². The molecule has 7 nitrogen and oxygen atoms in total. The van der Waals surface area contributed by atoms with E-state index in [0.29, 0.717) is 18.7 Å². The molecule has 1 aliphatic heterocycles. The summed E-state index contributed by atoms with van der Waals surface area (Å²) >= 11 is 1.70. The molecular weight excluding hydrogens is 410 g/mol. The van der Waals surface area contributed by atoms with E-state index in [2.05, 4.69) is 39.3 Å². The monoisotopic (exact) mass is 439 g/mol. The Bertz CT molecular complexity index is 1060. The van der Waals surface area contributed by atoms with Gasteiger partial charge < -0.3 is 15.4 Å². The number of benzene rings is 1. The number of amides is 1. The minimum Gasteiger partial charge on any atom is -0.379 e. The molecule has 0 bridgehead atoms. The second-order valence-electron chi connectivity index (χ2n) is 7.84. The van der Waals surface area contributed by atoms with Crippen LogP contribution in [0.5, 0.6) is 0 Å². The lowest BCUT2D eigenvalue weighted by atomic mass is 10.1. The minimum atomic E-state index is -0.0368. The van der Waals surface area contributed by atoms with Crippen LogP contribution in [0, 0.1) is 20.8 Å². The Hall–Kier alpha value is -2.55. The Morgan fingerprint density at radius 1 is 1.13 bits per heavy atom. The lowest BCUT2D eigenvalue weighted by Gasteiger charge is -2.26. The molecule has 1 saturated heterocycles. The zero-order valence-electron chi connectivity index (χ0n) is 18.3. The molecule has 0 unspecified atom stereocenters. The van der Waals surface area contributed by atoms with E-state index in [1.54, 1.807) is 11.3 Å². The van der Waals surface area contributed by atoms with Gasteiger partial charge in [0.25, 0.3) is 5.91 Å². The van der Waals surface area contributed by atoms with Crippen LogP contribution in [0.2, 0.25) is 0 Å². The van der Waals surface area contributed by atoms with E-state index in [-0.39, 0.29) is 5.91 Å². The molecule has 4 rings (SSSR count). The van der Waals surface area contributed by atoms with Crippen molar-refractivity contribution in [1.29, 1.82) is 0 Å². The number of hydrogen-bond acceptors (Lipinski definition) is 7. The highest BCUT2D eigenvalue weighted by Gasteiger charge is 2.14. The van der Waals surface area contributed by atoms with Crippen molar-refractivity contribution in [2.24, 2.45) is 0 Å². The summed E-state index contributed by atoms with van der Waals surface area (Å²) in [6.45, 7) is 11.7. The van der Waals surface area contributed by atoms with Crippen LogP contribution in [0.4, 0.5) is 5.82 Å². The van der Waals surface area contributed by atoms with E-state index < -0.39 is 0 Å². The SMILES string of the molecule is Cc1nc(NCc2ccc(C(=O)NCCN3CCOCC3)cc2)c2c(C)c(C)sc2n1. The van der Waals surface area contributed by atoms with Gasteiger partial charge in [-0.15, -0.1) is 11.3 Å². The number of morpholine rings is 1. The van der Waals surface area contributed by atoms with Crippen molar-refractivity contribution >= 4 is 33.3 Å². The third-order valence-corrected chi connectivity index (χ3v) is 6.73. The summed E-state index contributed by atoms with van der Waals surface area (Å²) in [6, 6.07) is 7.73. The maximum atomic E-state index is 12.4. The van der Waals surface area contributed by atoms with Gasteiger partial charge in [-0.3, -0.25) is 9.69 Å². The maximum Gasteiger partial charge on any atom is 0.251 e. The molecule has 1 aliphatic rings. The number of thiophene rings is 1. The molecule has 3 aromatic rings. The molecule has 0 aliphatic carbocycles. The third kappa shape index (κ3) is 5.20. The van der Waals surface area contributed by atoms with Crippen LogP contribution >= 0.6 is 11.3 Å². The summed E-state index contributed by atoms with van der Waals surface area (Å²) in [5.41, 5.74) is 3.00. The van der Waals surface area contributed by atoms with Gasteiger partial charge in [-0.05, 0) is 44.0 Å². The molecule has 0 spiro atoms. The van der Waals surface area contributed by atoms with Gasteiger partial charge in [0.2, 0.25) is 0 Å². The van der Waals surface area contributed by atoms with Crippen LogP contribution in [0.1, 0.15) is 32.2 Å². The number of carbonyl (C=O) groups excluding carboxylic acids is 1. The minimum absolute atomic E-state index is 0.0368. The van der Waals surface area contributed by atoms with Gasteiger partial charge >= 0.3 is 0 Å². The van der Waals surface area contributed by atoms with Gasteiger partial charge in [0.05, 0.1) is 18.6 Å². The van der Waals surface area contributed by atoms with Crippen molar-refractivity contribution in [2.75, 3.05) is 44.7 Å². The van der Waals surface area contributed by atoms with Crippen LogP contribution in [-0.2, 0) is 11.3 Å². The number of hydrogen-bond donors (Lipinski definition) is 2. The Morgan fingerprint density at radius 2 is 1.87 bits per heavy atom. The highest BCUT2D eigenvalue weighted by atomic mass is 32.1. The normalized spacial score (nSPS) is 14.7. The fraction of sp³-hybridized carbons (Fsp3) is 0.435. The second kappa shape index (κ2) is 9.72. The summed E-state index contributed by atoms with van der Waals surface area (Å²) in [5, 5.41) is 7.56. The second-order valence-corrected chi connectivity index (χ2v) is 9.05. The predicted molar refractivity (Wildman–Crippen MR) is 125 cm³/mol. The topological polar surface area (TPSA) is 79.4 Å². The van der Waals surface area contributed by atoms with Crippen molar-refractivity contribution in [3.8, 4) is 0 Å². The first-order chi connectivity index (χ1) is 15.0. The Kier molecular flexibility index (Phi) is 6.80. The van der Waals surface area contributed by atoms with Gasteiger partial charge in [-0.1, -0.05) is 12.1 Å². The number of nitrogens with zero attached hydrogens (tertiary/aromatic N) is 3. The Morgan fingerprint density at radius 3 is 2.61 bits per heavy atom. The van der Waals surface area contributed by atoms with E-state index in [9.17, 15) is 4.79 Å². The largest absolute Gasteiger partial charge is 0.379 e. The predicted octanol–water partition coefficient (Wildman–Crippen LogP) is 3.29. The molecule has 1 aromatic carbocycles. The lowest BCUT2D eigenvalue weighted by molar-refractivity contribution is 0.0383. The molecule has 8 heteroatoms. The van der Waals surface area contributed by atoms with Crippen LogP contribution in [-0.4, -0.2) is 60.2 Å². The van der Waals surface area contributed by atoms with Crippen molar-refractivity contribution < 1.29 is 9.53 Å². The van der Waals surface area contributed by atoms with E-state index >= 15 is 0 Å². The summed E-state index contributed by atoms with van der Waals surface area (Å²) in [6.07, 6.45) is 0. The highest BCUT2D eigenvalue weighted by Crippen LogP contribution is 2.33. The summed E-state index contributed by atoms with van der Waals surface area (Å²) in [5.74, 6) is 1.60. The first-order valence-corrected chi connectivity index (χ1v) is 11.5. The van der Waals surface area contributed by atoms with Crippen LogP contribution in [0.25, 0.3) is 10.2 Å². The number of aryl methyl sites for hydroxylation is 3. The standard InChI is InChI=1S/C23H29N5O2S/c1-15-16(2)31-23-20(15)21(26-17(3)27-23)25-14-18-4-6-19(7-5-18)22(29)24-8-9-28-10-12-30-13-11-28/h4-7H,8-14H2,1-3H3,(H,24,29)(H,25,26,27). The molecule has 2 N–H and O–H groups in total. The lowest BCUT2D eigenvalue weighted by Crippen LogP contribution is -2.41. The Balaban J connectivity index is 1.33. The molecule has 0 saturated carbocycles. The molecule has 1 fully saturated rings. The molecule has 0 radical (unpaired) electrons. The third-order valence-electron chi connectivity index (χ3n) is 5.63. The number of rotatable bonds is 7. The number of anilines is 1. The number of nitrogens with one attached hydrogen (secondary N) is 2. The molecule has 31 heavy (non-hydrogen) atoms. The van der Waals surface area contributed by atoms with Crippen molar-refractivity contribution in [1.82, 2.24) is 20.2 Å². The quantitative estimate of drug-likeness (QED) is 0.588. The van der Waals surface area contributed by atoms with Gasteiger partial charge in [-0.25, -0.2) is 9.97 Å². The molecule has 2 aromatic heterocycles. The zero-order chi connectivity index (χ0) is 21.8. The smallest absolute Gasteiger partial charge is 0.251 e. The fourth-order valence-electron chi connectivity index (χ4n) is 3.70. The molecule has 1 amide bonds. The molecular formula is C23H29N5O2S. The Labute approximate surface area is 186 Å². The molecule has 3 heterocycles. The summed E-state index contributed by atoms with van der Waals surface area (Å²) < 4.78 is 5.35. The molecule has 0 atom stereocenters. The maximum absolute atomic E-state index is 12.4. The van der Waals surface area contributed by atoms with E-state index in [0.717, 1.165) is 60.3 Å². The van der Waals surface area contributed by atoms with Crippen molar-refractivity contribution in [3.63, 3.8) is 0 Å². The summed E-state index contributed by atoms with van der Waals surface area (Å²) in [4.78, 5) is 26.2. The first kappa shape index (κ1) is 21.7. The number of fused-ring (bicyclic) bond motifs is 1. The van der Waals surface area contributed by atoms with Gasteiger partial charge in [0, 0.05) is 43.2 Å². The van der Waals surface area contributed by atoms with Crippen molar-refractivity contribution in [3.05, 3.63) is 51.7 Å². The zero-order valence-corrected chi connectivity index (χ0v) is 19.1. The van der Waals surface area contributed by atoms with Gasteiger partial charge in [0.15, 0.2) is 0 Å². The number of carbonyl (C=O) groups is 1.